The second kappa shape index (κ2) is 16.5. The first kappa shape index (κ1) is 36.5. The third kappa shape index (κ3) is 7.91. The molecule has 278 valence electrons. The van der Waals surface area contributed by atoms with Crippen molar-refractivity contribution in [2.75, 3.05) is 44.2 Å². The minimum absolute atomic E-state index is 0.0825. The Labute approximate surface area is 315 Å². The number of imide groups is 2. The van der Waals surface area contributed by atoms with Gasteiger partial charge in [0.1, 0.15) is 23.4 Å². The fourth-order valence-electron chi connectivity index (χ4n) is 7.56. The first-order valence-corrected chi connectivity index (χ1v) is 18.8. The van der Waals surface area contributed by atoms with Crippen LogP contribution in [0.15, 0.2) is 91.1 Å². The minimum atomic E-state index is -0.991. The van der Waals surface area contributed by atoms with Crippen LogP contribution in [0.1, 0.15) is 82.9 Å². The van der Waals surface area contributed by atoms with Gasteiger partial charge in [-0.1, -0.05) is 61.5 Å². The van der Waals surface area contributed by atoms with E-state index < -0.39 is 29.7 Å². The summed E-state index contributed by atoms with van der Waals surface area (Å²) in [6.07, 6.45) is 5.56. The number of hydrogen-bond donors (Lipinski definition) is 2. The number of pyridine rings is 1. The number of piperazine rings is 1. The molecule has 1 aromatic heterocycles. The van der Waals surface area contributed by atoms with Crippen molar-refractivity contribution in [2.24, 2.45) is 0 Å². The van der Waals surface area contributed by atoms with E-state index in [1.807, 2.05) is 30.3 Å². The molecule has 0 spiro atoms. The Kier molecular flexibility index (Phi) is 11.1. The van der Waals surface area contributed by atoms with Crippen LogP contribution >= 0.6 is 0 Å². The van der Waals surface area contributed by atoms with Crippen LogP contribution < -0.4 is 15.0 Å². The van der Waals surface area contributed by atoms with Crippen molar-refractivity contribution in [3.05, 3.63) is 119 Å². The highest BCUT2D eigenvalue weighted by Gasteiger charge is 2.45. The number of unbranched alkanes of at least 4 members (excludes halogenated alkanes) is 2. The molecule has 4 amide bonds. The molecule has 1 unspecified atom stereocenters. The predicted octanol–water partition coefficient (Wildman–Crippen LogP) is 5.93. The van der Waals surface area contributed by atoms with E-state index >= 15 is 0 Å². The van der Waals surface area contributed by atoms with Crippen molar-refractivity contribution in [2.45, 2.75) is 51.5 Å². The van der Waals surface area contributed by atoms with E-state index in [2.05, 4.69) is 63.4 Å². The molecule has 0 aliphatic carbocycles. The molecule has 3 aliphatic rings. The lowest BCUT2D eigenvalue weighted by Gasteiger charge is -2.35. The number of carbonyl (C=O) groups is 4. The molecule has 3 aromatic carbocycles. The van der Waals surface area contributed by atoms with E-state index in [0.29, 0.717) is 12.4 Å². The normalized spacial score (nSPS) is 18.1. The van der Waals surface area contributed by atoms with E-state index in [1.54, 1.807) is 18.2 Å². The minimum Gasteiger partial charge on any atom is -0.508 e. The summed E-state index contributed by atoms with van der Waals surface area (Å²) in [5, 5.41) is 12.1. The van der Waals surface area contributed by atoms with Crippen LogP contribution in [0.5, 0.6) is 11.5 Å². The molecular formula is C43H45N5O6. The summed E-state index contributed by atoms with van der Waals surface area (Å²) in [6.45, 7) is 7.02. The number of aromatic hydroxyl groups is 1. The fourth-order valence-corrected chi connectivity index (χ4v) is 7.56. The zero-order chi connectivity index (χ0) is 37.6. The number of piperidine rings is 1. The summed E-state index contributed by atoms with van der Waals surface area (Å²) < 4.78 is 6.13. The van der Waals surface area contributed by atoms with Crippen LogP contribution in [-0.2, 0) is 9.59 Å². The summed E-state index contributed by atoms with van der Waals surface area (Å²) in [4.78, 5) is 60.2. The molecule has 0 radical (unpaired) electrons. The highest BCUT2D eigenvalue weighted by Crippen LogP contribution is 2.36. The number of nitrogens with zero attached hydrogens (tertiary/aromatic N) is 4. The quantitative estimate of drug-likeness (QED) is 0.0978. The summed E-state index contributed by atoms with van der Waals surface area (Å²) in [5.74, 6) is -0.364. The van der Waals surface area contributed by atoms with Crippen LogP contribution in [0.4, 0.5) is 5.82 Å². The zero-order valence-electron chi connectivity index (χ0n) is 30.5. The highest BCUT2D eigenvalue weighted by molar-refractivity contribution is 6.23. The maximum atomic E-state index is 13.2. The molecule has 3 aliphatic heterocycles. The van der Waals surface area contributed by atoms with Gasteiger partial charge in [-0.05, 0) is 96.8 Å². The van der Waals surface area contributed by atoms with Gasteiger partial charge in [0.25, 0.3) is 11.8 Å². The number of hydrogen-bond acceptors (Lipinski definition) is 9. The first-order valence-electron chi connectivity index (χ1n) is 18.8. The number of aromatic nitrogens is 1. The second-order valence-electron chi connectivity index (χ2n) is 13.9. The number of amides is 4. The largest absolute Gasteiger partial charge is 0.508 e. The van der Waals surface area contributed by atoms with Gasteiger partial charge in [0.05, 0.1) is 17.7 Å². The molecule has 11 nitrogen and oxygen atoms in total. The maximum Gasteiger partial charge on any atom is 0.263 e. The van der Waals surface area contributed by atoms with Crippen LogP contribution in [0.2, 0.25) is 0 Å². The van der Waals surface area contributed by atoms with Crippen molar-refractivity contribution in [3.8, 4) is 11.5 Å². The summed E-state index contributed by atoms with van der Waals surface area (Å²) >= 11 is 0. The number of carbonyl (C=O) groups excluding carboxylic acids is 4. The number of fused-ring (bicyclic) bond motifs is 1. The number of anilines is 1. The molecule has 54 heavy (non-hydrogen) atoms. The van der Waals surface area contributed by atoms with Crippen molar-refractivity contribution in [1.82, 2.24) is 20.1 Å². The Morgan fingerprint density at radius 3 is 2.19 bits per heavy atom. The van der Waals surface area contributed by atoms with Gasteiger partial charge in [0, 0.05) is 38.8 Å². The molecule has 11 heteroatoms. The smallest absolute Gasteiger partial charge is 0.263 e. The van der Waals surface area contributed by atoms with E-state index in [9.17, 15) is 24.3 Å². The summed E-state index contributed by atoms with van der Waals surface area (Å²) in [6, 6.07) is 26.8. The Hall–Kier alpha value is -5.81. The van der Waals surface area contributed by atoms with Crippen molar-refractivity contribution in [1.29, 1.82) is 0 Å². The molecule has 1 atom stereocenters. The molecule has 2 saturated heterocycles. The number of benzene rings is 3. The summed E-state index contributed by atoms with van der Waals surface area (Å²) in [7, 11) is 0. The average Bonchev–Trinajstić information content (AvgIpc) is 3.44. The third-order valence-electron chi connectivity index (χ3n) is 10.5. The van der Waals surface area contributed by atoms with Gasteiger partial charge in [-0.2, -0.15) is 0 Å². The fraction of sp³-hybridized carbons (Fsp3) is 0.326. The number of rotatable bonds is 13. The van der Waals surface area contributed by atoms with Gasteiger partial charge >= 0.3 is 0 Å². The topological polar surface area (TPSA) is 132 Å². The van der Waals surface area contributed by atoms with E-state index in [4.69, 9.17) is 4.74 Å². The highest BCUT2D eigenvalue weighted by atomic mass is 16.5. The second-order valence-corrected chi connectivity index (χ2v) is 13.9. The Morgan fingerprint density at radius 2 is 1.50 bits per heavy atom. The lowest BCUT2D eigenvalue weighted by molar-refractivity contribution is -0.136. The van der Waals surface area contributed by atoms with E-state index in [0.717, 1.165) is 85.8 Å². The Bertz CT molecular complexity index is 2040. The molecule has 4 aromatic rings. The van der Waals surface area contributed by atoms with Gasteiger partial charge in [0.2, 0.25) is 11.8 Å². The van der Waals surface area contributed by atoms with Gasteiger partial charge in [-0.25, -0.2) is 4.98 Å². The van der Waals surface area contributed by atoms with Crippen LogP contribution in [-0.4, -0.2) is 88.9 Å². The van der Waals surface area contributed by atoms with Crippen LogP contribution in [0.25, 0.3) is 11.1 Å². The standard InChI is InChI=1S/C43H45N5O6/c1-2-34(29-9-5-3-6-10-29)40(30-11-15-32(49)16-12-30)31-13-17-33(18-14-31)54-26-8-4-7-21-46-22-24-47(25-23-46)38-27-35-36(28-44-38)43(53)48(42(35)52)37-19-20-39(50)45-41(37)51/h3,5-6,9-18,27-28,37,49H,2,4,7-8,19-26H2,1H3,(H,45,50,51)/b40-34-. The van der Waals surface area contributed by atoms with Gasteiger partial charge in [-0.15, -0.1) is 0 Å². The summed E-state index contributed by atoms with van der Waals surface area (Å²) in [5.41, 5.74) is 6.15. The lowest BCUT2D eigenvalue weighted by atomic mass is 9.88. The van der Waals surface area contributed by atoms with Crippen LogP contribution in [0, 0.1) is 0 Å². The van der Waals surface area contributed by atoms with Crippen molar-refractivity contribution in [3.63, 3.8) is 0 Å². The van der Waals surface area contributed by atoms with E-state index in [1.165, 1.54) is 17.3 Å². The Balaban J connectivity index is 0.863. The van der Waals surface area contributed by atoms with Gasteiger partial charge in [-0.3, -0.25) is 34.3 Å². The molecule has 0 bridgehead atoms. The Morgan fingerprint density at radius 1 is 0.815 bits per heavy atom. The van der Waals surface area contributed by atoms with E-state index in [-0.39, 0.29) is 29.7 Å². The van der Waals surface area contributed by atoms with Gasteiger partial charge in [0.15, 0.2) is 0 Å². The van der Waals surface area contributed by atoms with Crippen LogP contribution in [0.3, 0.4) is 0 Å². The number of allylic oxidation sites excluding steroid dienone is 1. The maximum absolute atomic E-state index is 13.2. The average molecular weight is 728 g/mol. The molecule has 2 fully saturated rings. The number of phenols is 1. The predicted molar refractivity (Wildman–Crippen MR) is 206 cm³/mol. The number of nitrogens with one attached hydrogen (secondary N) is 1. The number of ether oxygens (including phenoxy) is 1. The molecule has 0 saturated carbocycles. The van der Waals surface area contributed by atoms with Crippen molar-refractivity contribution < 1.29 is 29.0 Å². The third-order valence-corrected chi connectivity index (χ3v) is 10.5. The monoisotopic (exact) mass is 727 g/mol. The lowest BCUT2D eigenvalue weighted by Crippen LogP contribution is -2.54. The first-order chi connectivity index (χ1) is 26.3. The molecule has 4 heterocycles. The van der Waals surface area contributed by atoms with Crippen molar-refractivity contribution >= 4 is 40.6 Å². The SMILES string of the molecule is CC/C(=C(\c1ccc(O)cc1)c1ccc(OCCCCCN2CCN(c3cc4c(cn3)C(=O)N(C3CCC(=O)NC3=O)C4=O)CC2)cc1)c1ccccc1. The number of phenolic OH excluding ortho intramolecular Hbond substituents is 1. The molecule has 7 rings (SSSR count). The molecule has 2 N–H and O–H groups in total. The van der Waals surface area contributed by atoms with Gasteiger partial charge < -0.3 is 14.7 Å². The molecular weight excluding hydrogens is 683 g/mol. The zero-order valence-corrected chi connectivity index (χ0v) is 30.5.